The van der Waals surface area contributed by atoms with Crippen LogP contribution >= 0.6 is 0 Å². The van der Waals surface area contributed by atoms with Crippen molar-refractivity contribution < 1.29 is 4.42 Å². The Morgan fingerprint density at radius 2 is 0.984 bits per heavy atom. The monoisotopic (exact) mass is 795 g/mol. The van der Waals surface area contributed by atoms with Crippen LogP contribution in [0.2, 0.25) is 0 Å². The summed E-state index contributed by atoms with van der Waals surface area (Å²) in [4.78, 5) is 2.50. The summed E-state index contributed by atoms with van der Waals surface area (Å²) in [5.74, 6) is 0. The molecular weight excluding hydrogens is 739 g/mol. The van der Waals surface area contributed by atoms with Crippen LogP contribution < -0.4 is 4.90 Å². The number of fused-ring (bicyclic) bond motifs is 11. The maximum Gasteiger partial charge on any atom is 0.159 e. The van der Waals surface area contributed by atoms with E-state index in [2.05, 4.69) is 200 Å². The van der Waals surface area contributed by atoms with Crippen molar-refractivity contribution in [2.45, 2.75) is 109 Å². The van der Waals surface area contributed by atoms with Gasteiger partial charge in [-0.05, 0) is 115 Å². The second-order valence-electron chi connectivity index (χ2n) is 20.9. The smallest absolute Gasteiger partial charge is 0.159 e. The van der Waals surface area contributed by atoms with Gasteiger partial charge in [0.2, 0.25) is 0 Å². The standard InChI is InChI=1S/C59H57NO/c1-56(2,3)38-32-37(33-39(34-38)57(4,5)6)42-20-16-21-47-48-22-17-25-53(55(48)61-54(42)47)60(40-26-28-45-43-18-10-12-23-49(43)58(7,8)51(45)35-40)41-27-29-46-44-19-11-13-24-50(44)59(52(46)36-41)30-14-9-15-31-59/h10-13,16-29,32-36H,9,14-15,30-31H2,1-8H3. The molecule has 0 atom stereocenters. The number of nitrogens with zero attached hydrogens (tertiary/aromatic N) is 1. The van der Waals surface area contributed by atoms with E-state index in [1.807, 2.05) is 0 Å². The van der Waals surface area contributed by atoms with Gasteiger partial charge in [-0.1, -0.05) is 184 Å². The summed E-state index contributed by atoms with van der Waals surface area (Å²) in [6.07, 6.45) is 6.23. The summed E-state index contributed by atoms with van der Waals surface area (Å²) in [7, 11) is 0. The fourth-order valence-corrected chi connectivity index (χ4v) is 11.4. The Bertz CT molecular complexity index is 3030. The molecule has 7 aromatic carbocycles. The van der Waals surface area contributed by atoms with Gasteiger partial charge in [0.1, 0.15) is 5.58 Å². The van der Waals surface area contributed by atoms with Crippen molar-refractivity contribution in [3.63, 3.8) is 0 Å². The zero-order chi connectivity index (χ0) is 42.1. The van der Waals surface area contributed by atoms with Gasteiger partial charge in [0.05, 0.1) is 5.69 Å². The molecule has 2 nitrogen and oxygen atoms in total. The number of benzene rings is 7. The maximum absolute atomic E-state index is 7.34. The molecule has 0 aliphatic heterocycles. The highest BCUT2D eigenvalue weighted by molar-refractivity contribution is 6.13. The number of hydrogen-bond acceptors (Lipinski definition) is 2. The van der Waals surface area contributed by atoms with Gasteiger partial charge in [0, 0.05) is 38.5 Å². The van der Waals surface area contributed by atoms with E-state index in [0.717, 1.165) is 38.9 Å². The first-order valence-corrected chi connectivity index (χ1v) is 22.6. The highest BCUT2D eigenvalue weighted by Crippen LogP contribution is 2.58. The van der Waals surface area contributed by atoms with Gasteiger partial charge >= 0.3 is 0 Å². The van der Waals surface area contributed by atoms with Crippen LogP contribution in [-0.4, -0.2) is 0 Å². The summed E-state index contributed by atoms with van der Waals surface area (Å²) >= 11 is 0. The van der Waals surface area contributed by atoms with E-state index in [1.165, 1.54) is 99.0 Å². The van der Waals surface area contributed by atoms with Crippen LogP contribution in [0.4, 0.5) is 17.1 Å². The van der Waals surface area contributed by atoms with Crippen molar-refractivity contribution in [2.75, 3.05) is 4.90 Å². The molecule has 1 aromatic heterocycles. The highest BCUT2D eigenvalue weighted by Gasteiger charge is 2.44. The number of anilines is 3. The van der Waals surface area contributed by atoms with Crippen molar-refractivity contribution >= 4 is 39.0 Å². The summed E-state index contributed by atoms with van der Waals surface area (Å²) in [5, 5.41) is 2.28. The molecule has 1 spiro atoms. The molecule has 0 amide bonds. The predicted molar refractivity (Wildman–Crippen MR) is 258 cm³/mol. The Balaban J connectivity index is 1.15. The second-order valence-corrected chi connectivity index (χ2v) is 20.9. The molecule has 0 bridgehead atoms. The molecule has 0 saturated heterocycles. The normalized spacial score (nSPS) is 16.1. The SMILES string of the molecule is CC(C)(C)c1cc(-c2cccc3c2oc2c(N(c4ccc5c(c4)C(C)(C)c4ccccc4-5)c4ccc5c(c4)C4(CCCCC4)c4ccccc4-5)cccc23)cc(C(C)(C)C)c1. The zero-order valence-corrected chi connectivity index (χ0v) is 37.2. The van der Waals surface area contributed by atoms with Gasteiger partial charge in [0.15, 0.2) is 5.58 Å². The van der Waals surface area contributed by atoms with E-state index < -0.39 is 0 Å². The lowest BCUT2D eigenvalue weighted by atomic mass is 9.68. The minimum atomic E-state index is -0.132. The Kier molecular flexibility index (Phi) is 8.32. The van der Waals surface area contributed by atoms with E-state index in [1.54, 1.807) is 0 Å². The third kappa shape index (κ3) is 5.74. The molecule has 2 heteroatoms. The first-order chi connectivity index (χ1) is 29.2. The Morgan fingerprint density at radius 1 is 0.459 bits per heavy atom. The van der Waals surface area contributed by atoms with Crippen LogP contribution in [0.25, 0.3) is 55.3 Å². The number of rotatable bonds is 4. The second kappa shape index (κ2) is 13.3. The average molecular weight is 796 g/mol. The third-order valence-electron chi connectivity index (χ3n) is 14.8. The lowest BCUT2D eigenvalue weighted by Gasteiger charge is -2.36. The zero-order valence-electron chi connectivity index (χ0n) is 37.2. The molecule has 1 heterocycles. The molecule has 0 unspecified atom stereocenters. The minimum absolute atomic E-state index is 0.00465. The molecule has 0 radical (unpaired) electrons. The fraction of sp³-hybridized carbons (Fsp3) is 0.288. The van der Waals surface area contributed by atoms with Gasteiger partial charge in [-0.3, -0.25) is 0 Å². The predicted octanol–water partition coefficient (Wildman–Crippen LogP) is 16.9. The molecule has 3 aliphatic carbocycles. The maximum atomic E-state index is 7.34. The lowest BCUT2D eigenvalue weighted by Crippen LogP contribution is -2.28. The van der Waals surface area contributed by atoms with Gasteiger partial charge < -0.3 is 9.32 Å². The van der Waals surface area contributed by atoms with E-state index in [9.17, 15) is 0 Å². The molecule has 1 saturated carbocycles. The Hall–Kier alpha value is -5.86. The Labute approximate surface area is 362 Å². The van der Waals surface area contributed by atoms with Gasteiger partial charge in [-0.2, -0.15) is 0 Å². The van der Waals surface area contributed by atoms with Gasteiger partial charge in [-0.15, -0.1) is 0 Å². The van der Waals surface area contributed by atoms with Gasteiger partial charge in [0.25, 0.3) is 0 Å². The van der Waals surface area contributed by atoms with E-state index in [0.29, 0.717) is 0 Å². The molecule has 8 aromatic rings. The molecule has 11 rings (SSSR count). The molecule has 0 N–H and O–H groups in total. The molecular formula is C59H57NO. The van der Waals surface area contributed by atoms with Crippen molar-refractivity contribution in [3.8, 4) is 33.4 Å². The topological polar surface area (TPSA) is 16.4 Å². The van der Waals surface area contributed by atoms with E-state index in [4.69, 9.17) is 4.42 Å². The molecule has 61 heavy (non-hydrogen) atoms. The number of hydrogen-bond donors (Lipinski definition) is 0. The summed E-state index contributed by atoms with van der Waals surface area (Å²) in [5.41, 5.74) is 21.4. The Morgan fingerprint density at radius 3 is 1.64 bits per heavy atom. The molecule has 3 aliphatic rings. The highest BCUT2D eigenvalue weighted by atomic mass is 16.3. The average Bonchev–Trinajstić information content (AvgIpc) is 3.85. The lowest BCUT2D eigenvalue weighted by molar-refractivity contribution is 0.353. The fourth-order valence-electron chi connectivity index (χ4n) is 11.4. The minimum Gasteiger partial charge on any atom is -0.453 e. The van der Waals surface area contributed by atoms with Crippen molar-refractivity contribution in [3.05, 3.63) is 173 Å². The van der Waals surface area contributed by atoms with Crippen LogP contribution in [0, 0.1) is 0 Å². The van der Waals surface area contributed by atoms with Crippen molar-refractivity contribution in [1.29, 1.82) is 0 Å². The number of para-hydroxylation sites is 2. The van der Waals surface area contributed by atoms with Gasteiger partial charge in [-0.25, -0.2) is 0 Å². The third-order valence-corrected chi connectivity index (χ3v) is 14.8. The first kappa shape index (κ1) is 38.1. The van der Waals surface area contributed by atoms with Crippen LogP contribution in [0.1, 0.15) is 121 Å². The molecule has 304 valence electrons. The largest absolute Gasteiger partial charge is 0.453 e. The number of furan rings is 1. The molecule has 1 fully saturated rings. The van der Waals surface area contributed by atoms with Crippen LogP contribution in [-0.2, 0) is 21.7 Å². The van der Waals surface area contributed by atoms with E-state index >= 15 is 0 Å². The van der Waals surface area contributed by atoms with Crippen LogP contribution in [0.15, 0.2) is 144 Å². The van der Waals surface area contributed by atoms with Crippen LogP contribution in [0.3, 0.4) is 0 Å². The van der Waals surface area contributed by atoms with Crippen molar-refractivity contribution in [1.82, 2.24) is 0 Å². The van der Waals surface area contributed by atoms with Crippen LogP contribution in [0.5, 0.6) is 0 Å². The van der Waals surface area contributed by atoms with E-state index in [-0.39, 0.29) is 21.7 Å². The quantitative estimate of drug-likeness (QED) is 0.176. The summed E-state index contributed by atoms with van der Waals surface area (Å²) in [6.45, 7) is 18.6. The summed E-state index contributed by atoms with van der Waals surface area (Å²) in [6, 6.07) is 53.3. The summed E-state index contributed by atoms with van der Waals surface area (Å²) < 4.78 is 7.34. The van der Waals surface area contributed by atoms with Crippen molar-refractivity contribution in [2.24, 2.45) is 0 Å². The first-order valence-electron chi connectivity index (χ1n) is 22.6.